The monoisotopic (exact) mass is 271 g/mol. The summed E-state index contributed by atoms with van der Waals surface area (Å²) in [6, 6.07) is 0. The highest BCUT2D eigenvalue weighted by Crippen LogP contribution is 2.14. The number of alkyl halides is 3. The lowest BCUT2D eigenvalue weighted by molar-refractivity contribution is -0.176. The largest absolute Gasteiger partial charge is 0.481 e. The minimum absolute atomic E-state index is 0.142. The van der Waals surface area contributed by atoms with Gasteiger partial charge in [0.2, 0.25) is 5.91 Å². The van der Waals surface area contributed by atoms with Crippen LogP contribution in [0.15, 0.2) is 0 Å². The van der Waals surface area contributed by atoms with Crippen molar-refractivity contribution in [2.45, 2.75) is 38.4 Å². The topological polar surface area (TPSA) is 75.6 Å². The van der Waals surface area contributed by atoms with Crippen molar-refractivity contribution < 1.29 is 32.6 Å². The van der Waals surface area contributed by atoms with E-state index in [0.717, 1.165) is 0 Å². The van der Waals surface area contributed by atoms with Crippen molar-refractivity contribution in [3.63, 3.8) is 0 Å². The molecule has 0 bridgehead atoms. The summed E-state index contributed by atoms with van der Waals surface area (Å²) in [5, 5.41) is 10.9. The fourth-order valence-corrected chi connectivity index (χ4v) is 1.15. The molecular weight excluding hydrogens is 255 g/mol. The third-order valence-electron chi connectivity index (χ3n) is 1.94. The van der Waals surface area contributed by atoms with E-state index in [4.69, 9.17) is 5.11 Å². The first-order chi connectivity index (χ1) is 8.02. The lowest BCUT2D eigenvalue weighted by Crippen LogP contribution is -2.45. The van der Waals surface area contributed by atoms with Gasteiger partial charge in [-0.3, -0.25) is 9.59 Å². The third kappa shape index (κ3) is 9.88. The lowest BCUT2D eigenvalue weighted by atomic mass is 9.98. The van der Waals surface area contributed by atoms with Crippen LogP contribution in [0.2, 0.25) is 0 Å². The van der Waals surface area contributed by atoms with Crippen molar-refractivity contribution in [2.75, 3.05) is 13.2 Å². The van der Waals surface area contributed by atoms with Crippen molar-refractivity contribution in [1.82, 2.24) is 5.32 Å². The summed E-state index contributed by atoms with van der Waals surface area (Å²) in [6.45, 7) is 0.960. The third-order valence-corrected chi connectivity index (χ3v) is 1.94. The van der Waals surface area contributed by atoms with Crippen molar-refractivity contribution in [3.05, 3.63) is 0 Å². The molecule has 1 amide bonds. The number of carbonyl (C=O) groups excluding carboxylic acids is 1. The molecule has 0 atom stereocenters. The van der Waals surface area contributed by atoms with Gasteiger partial charge in [-0.25, -0.2) is 0 Å². The number of halogens is 3. The summed E-state index contributed by atoms with van der Waals surface area (Å²) in [5.41, 5.74) is -0.808. The molecule has 0 fully saturated rings. The van der Waals surface area contributed by atoms with Crippen LogP contribution in [0.25, 0.3) is 0 Å². The van der Waals surface area contributed by atoms with Crippen LogP contribution in [0.5, 0.6) is 0 Å². The molecule has 0 aliphatic heterocycles. The summed E-state index contributed by atoms with van der Waals surface area (Å²) in [7, 11) is 0. The standard InChI is InChI=1S/C10H16F3NO4/c1-9(2,4-3-8(16)17)14-7(15)5-18-6-10(11,12)13/h3-6H2,1-2H3,(H,14,15)(H,16,17). The Kier molecular flexibility index (Phi) is 6.10. The van der Waals surface area contributed by atoms with Gasteiger partial charge in [-0.1, -0.05) is 0 Å². The van der Waals surface area contributed by atoms with Crippen molar-refractivity contribution in [1.29, 1.82) is 0 Å². The lowest BCUT2D eigenvalue weighted by Gasteiger charge is -2.25. The summed E-state index contributed by atoms with van der Waals surface area (Å²) >= 11 is 0. The molecule has 0 radical (unpaired) electrons. The smallest absolute Gasteiger partial charge is 0.411 e. The van der Waals surface area contributed by atoms with Crippen LogP contribution in [0.1, 0.15) is 26.7 Å². The quantitative estimate of drug-likeness (QED) is 0.732. The molecule has 0 aromatic rings. The van der Waals surface area contributed by atoms with Crippen LogP contribution in [0.3, 0.4) is 0 Å². The van der Waals surface area contributed by atoms with E-state index in [2.05, 4.69) is 10.1 Å². The van der Waals surface area contributed by atoms with Crippen LogP contribution >= 0.6 is 0 Å². The number of hydrogen-bond acceptors (Lipinski definition) is 3. The van der Waals surface area contributed by atoms with Crippen molar-refractivity contribution in [3.8, 4) is 0 Å². The van der Waals surface area contributed by atoms with Crippen LogP contribution < -0.4 is 5.32 Å². The SMILES string of the molecule is CC(C)(CCC(=O)O)NC(=O)COCC(F)(F)F. The molecule has 0 saturated heterocycles. The number of carbonyl (C=O) groups is 2. The van der Waals surface area contributed by atoms with Crippen LogP contribution in [0, 0.1) is 0 Å². The Bertz CT molecular complexity index is 302. The van der Waals surface area contributed by atoms with Gasteiger partial charge in [0.15, 0.2) is 0 Å². The fourth-order valence-electron chi connectivity index (χ4n) is 1.15. The minimum atomic E-state index is -4.47. The summed E-state index contributed by atoms with van der Waals surface area (Å²) in [4.78, 5) is 21.6. The van der Waals surface area contributed by atoms with Gasteiger partial charge in [0.25, 0.3) is 0 Å². The summed E-state index contributed by atoms with van der Waals surface area (Å²) in [6.07, 6.45) is -4.44. The van der Waals surface area contributed by atoms with E-state index in [1.807, 2.05) is 0 Å². The van der Waals surface area contributed by atoms with E-state index in [-0.39, 0.29) is 12.8 Å². The first-order valence-electron chi connectivity index (χ1n) is 5.19. The Balaban J connectivity index is 3.95. The zero-order valence-electron chi connectivity index (χ0n) is 10.1. The normalized spacial score (nSPS) is 12.3. The number of amides is 1. The van der Waals surface area contributed by atoms with Gasteiger partial charge in [0.1, 0.15) is 13.2 Å². The Morgan fingerprint density at radius 1 is 1.28 bits per heavy atom. The van der Waals surface area contributed by atoms with Crippen LogP contribution in [-0.4, -0.2) is 41.9 Å². The van der Waals surface area contributed by atoms with Gasteiger partial charge in [-0.2, -0.15) is 13.2 Å². The Hall–Kier alpha value is -1.31. The molecule has 0 aliphatic rings. The van der Waals surface area contributed by atoms with Crippen LogP contribution in [0.4, 0.5) is 13.2 Å². The molecule has 106 valence electrons. The van der Waals surface area contributed by atoms with Gasteiger partial charge in [-0.15, -0.1) is 0 Å². The van der Waals surface area contributed by atoms with Crippen LogP contribution in [-0.2, 0) is 14.3 Å². The average molecular weight is 271 g/mol. The number of carboxylic acids is 1. The minimum Gasteiger partial charge on any atom is -0.481 e. The highest BCUT2D eigenvalue weighted by molar-refractivity contribution is 5.78. The molecule has 2 N–H and O–H groups in total. The number of aliphatic carboxylic acids is 1. The van der Waals surface area contributed by atoms with E-state index in [0.29, 0.717) is 0 Å². The molecule has 0 spiro atoms. The Morgan fingerprint density at radius 2 is 1.83 bits per heavy atom. The second-order valence-electron chi connectivity index (χ2n) is 4.43. The number of rotatable bonds is 7. The maximum atomic E-state index is 11.7. The van der Waals surface area contributed by atoms with E-state index in [1.54, 1.807) is 13.8 Å². The van der Waals surface area contributed by atoms with Crippen molar-refractivity contribution >= 4 is 11.9 Å². The van der Waals surface area contributed by atoms with E-state index >= 15 is 0 Å². The fraction of sp³-hybridized carbons (Fsp3) is 0.800. The number of nitrogens with one attached hydrogen (secondary N) is 1. The number of hydrogen-bond donors (Lipinski definition) is 2. The first kappa shape index (κ1) is 16.7. The van der Waals surface area contributed by atoms with Gasteiger partial charge in [0.05, 0.1) is 0 Å². The molecular formula is C10H16F3NO4. The molecule has 0 aliphatic carbocycles. The average Bonchev–Trinajstić information content (AvgIpc) is 2.12. The molecule has 8 heteroatoms. The highest BCUT2D eigenvalue weighted by Gasteiger charge is 2.28. The highest BCUT2D eigenvalue weighted by atomic mass is 19.4. The number of carboxylic acid groups (broad SMARTS) is 1. The van der Waals surface area contributed by atoms with E-state index in [1.165, 1.54) is 0 Å². The number of ether oxygens (including phenoxy) is 1. The molecule has 0 aromatic carbocycles. The van der Waals surface area contributed by atoms with Gasteiger partial charge in [0, 0.05) is 12.0 Å². The second kappa shape index (κ2) is 6.58. The van der Waals surface area contributed by atoms with Gasteiger partial charge < -0.3 is 15.2 Å². The molecule has 0 unspecified atom stereocenters. The van der Waals surface area contributed by atoms with E-state index < -0.39 is 36.8 Å². The maximum absolute atomic E-state index is 11.7. The summed E-state index contributed by atoms with van der Waals surface area (Å²) < 4.78 is 39.4. The van der Waals surface area contributed by atoms with Crippen molar-refractivity contribution in [2.24, 2.45) is 0 Å². The Morgan fingerprint density at radius 3 is 2.28 bits per heavy atom. The zero-order chi connectivity index (χ0) is 14.4. The predicted octanol–water partition coefficient (Wildman–Crippen LogP) is 1.32. The van der Waals surface area contributed by atoms with Gasteiger partial charge >= 0.3 is 12.1 Å². The first-order valence-corrected chi connectivity index (χ1v) is 5.19. The molecule has 18 heavy (non-hydrogen) atoms. The maximum Gasteiger partial charge on any atom is 0.411 e. The molecule has 0 saturated carbocycles. The zero-order valence-corrected chi connectivity index (χ0v) is 10.1. The van der Waals surface area contributed by atoms with Gasteiger partial charge in [-0.05, 0) is 20.3 Å². The van der Waals surface area contributed by atoms with E-state index in [9.17, 15) is 22.8 Å². The predicted molar refractivity (Wildman–Crippen MR) is 56.0 cm³/mol. The molecule has 0 aromatic heterocycles. The Labute approximate surface area is 102 Å². The molecule has 0 heterocycles. The second-order valence-corrected chi connectivity index (χ2v) is 4.43. The summed E-state index contributed by atoms with van der Waals surface area (Å²) in [5.74, 6) is -1.72. The molecule has 0 rings (SSSR count). The molecule has 5 nitrogen and oxygen atoms in total.